The average Bonchev–Trinajstić information content (AvgIpc) is 2.95. The van der Waals surface area contributed by atoms with Gasteiger partial charge in [0.15, 0.2) is 9.84 Å². The summed E-state index contributed by atoms with van der Waals surface area (Å²) in [6.45, 7) is 6.33. The lowest BCUT2D eigenvalue weighted by Crippen LogP contribution is -2.41. The van der Waals surface area contributed by atoms with Crippen LogP contribution >= 0.6 is 11.6 Å². The summed E-state index contributed by atoms with van der Waals surface area (Å²) in [7, 11) is -3.30. The van der Waals surface area contributed by atoms with Gasteiger partial charge in [0, 0.05) is 21.7 Å². The van der Waals surface area contributed by atoms with Crippen molar-refractivity contribution in [2.75, 3.05) is 10.7 Å². The van der Waals surface area contributed by atoms with Gasteiger partial charge in [0.05, 0.1) is 11.8 Å². The second-order valence-corrected chi connectivity index (χ2v) is 10.1. The predicted octanol–water partition coefficient (Wildman–Crippen LogP) is 4.60. The lowest BCUT2D eigenvalue weighted by Gasteiger charge is -2.28. The summed E-state index contributed by atoms with van der Waals surface area (Å²) < 4.78 is 23.8. The maximum atomic E-state index is 13.3. The van der Waals surface area contributed by atoms with Crippen molar-refractivity contribution in [2.45, 2.75) is 32.2 Å². The Morgan fingerprint density at radius 2 is 1.63 bits per heavy atom. The van der Waals surface area contributed by atoms with E-state index in [-0.39, 0.29) is 17.1 Å². The van der Waals surface area contributed by atoms with Gasteiger partial charge in [0.1, 0.15) is 0 Å². The second-order valence-electron chi connectivity index (χ2n) is 7.70. The lowest BCUT2D eigenvalue weighted by molar-refractivity contribution is 0.0983. The molecule has 0 bridgehead atoms. The fourth-order valence-electron chi connectivity index (χ4n) is 3.03. The molecule has 142 valence electrons. The van der Waals surface area contributed by atoms with Crippen molar-refractivity contribution < 1.29 is 13.2 Å². The lowest BCUT2D eigenvalue weighted by atomic mass is 9.86. The first-order valence-electron chi connectivity index (χ1n) is 8.67. The van der Waals surface area contributed by atoms with Crippen molar-refractivity contribution in [1.82, 2.24) is 0 Å². The van der Waals surface area contributed by atoms with Gasteiger partial charge in [-0.25, -0.2) is 8.42 Å². The van der Waals surface area contributed by atoms with Gasteiger partial charge in [-0.05, 0) is 53.5 Å². The van der Waals surface area contributed by atoms with E-state index in [1.807, 2.05) is 12.1 Å². The number of nitrogens with zero attached hydrogens (tertiary/aromatic N) is 1. The van der Waals surface area contributed by atoms with Crippen molar-refractivity contribution in [1.29, 1.82) is 0 Å². The van der Waals surface area contributed by atoms with Gasteiger partial charge in [0.25, 0.3) is 5.91 Å². The summed E-state index contributed by atoms with van der Waals surface area (Å²) >= 11 is 5.96. The predicted molar refractivity (Wildman–Crippen MR) is 110 cm³/mol. The monoisotopic (exact) mass is 403 g/mol. The summed E-state index contributed by atoms with van der Waals surface area (Å²) in [6, 6.07) is 13.7. The number of carbonyl (C=O) groups excluding carboxylic acids is 1. The highest BCUT2D eigenvalue weighted by Gasteiger charge is 2.32. The van der Waals surface area contributed by atoms with Crippen LogP contribution in [0.5, 0.6) is 0 Å². The van der Waals surface area contributed by atoms with Gasteiger partial charge >= 0.3 is 0 Å². The van der Waals surface area contributed by atoms with Gasteiger partial charge in [-0.1, -0.05) is 44.5 Å². The highest BCUT2D eigenvalue weighted by Crippen LogP contribution is 2.27. The number of rotatable bonds is 3. The molecule has 2 aromatic carbocycles. The van der Waals surface area contributed by atoms with Crippen LogP contribution in [0.4, 0.5) is 5.69 Å². The van der Waals surface area contributed by atoms with E-state index in [2.05, 4.69) is 20.8 Å². The number of hydrogen-bond acceptors (Lipinski definition) is 3. The molecule has 4 nitrogen and oxygen atoms in total. The minimum absolute atomic E-state index is 0.0142. The molecule has 0 N–H and O–H groups in total. The number of benzene rings is 2. The number of carbonyl (C=O) groups is 1. The molecule has 1 heterocycles. The van der Waals surface area contributed by atoms with E-state index in [9.17, 15) is 13.2 Å². The van der Waals surface area contributed by atoms with Crippen LogP contribution in [0.25, 0.3) is 0 Å². The second kappa shape index (κ2) is 7.13. The van der Waals surface area contributed by atoms with Crippen molar-refractivity contribution in [3.63, 3.8) is 0 Å². The summed E-state index contributed by atoms with van der Waals surface area (Å²) in [4.78, 5) is 14.8. The van der Waals surface area contributed by atoms with Crippen molar-refractivity contribution in [3.8, 4) is 0 Å². The summed E-state index contributed by atoms with van der Waals surface area (Å²) in [5.41, 5.74) is 2.23. The summed E-state index contributed by atoms with van der Waals surface area (Å²) in [5, 5.41) is 1.73. The largest absolute Gasteiger partial charge is 0.300 e. The molecule has 0 fully saturated rings. The quantitative estimate of drug-likeness (QED) is 0.752. The Morgan fingerprint density at radius 3 is 2.11 bits per heavy atom. The summed E-state index contributed by atoms with van der Waals surface area (Å²) in [5.74, 6) is -0.369. The molecule has 1 atom stereocenters. The van der Waals surface area contributed by atoms with Gasteiger partial charge in [-0.15, -0.1) is 0 Å². The zero-order chi connectivity index (χ0) is 19.8. The fraction of sp³-hybridized carbons (Fsp3) is 0.286. The molecule has 6 heteroatoms. The molecule has 0 unspecified atom stereocenters. The van der Waals surface area contributed by atoms with Crippen LogP contribution in [0.2, 0.25) is 5.02 Å². The molecule has 27 heavy (non-hydrogen) atoms. The average molecular weight is 404 g/mol. The Hall–Kier alpha value is -2.11. The van der Waals surface area contributed by atoms with Gasteiger partial charge < -0.3 is 4.90 Å². The molecule has 0 radical (unpaired) electrons. The Kier molecular flexibility index (Phi) is 5.19. The van der Waals surface area contributed by atoms with Crippen LogP contribution in [0.1, 0.15) is 36.7 Å². The topological polar surface area (TPSA) is 54.5 Å². The third kappa shape index (κ3) is 4.42. The summed E-state index contributed by atoms with van der Waals surface area (Å²) in [6.07, 6.45) is 1.56. The molecular weight excluding hydrogens is 382 g/mol. The zero-order valence-corrected chi connectivity index (χ0v) is 17.1. The van der Waals surface area contributed by atoms with Crippen LogP contribution in [0.3, 0.4) is 0 Å². The highest BCUT2D eigenvalue weighted by molar-refractivity contribution is 7.94. The van der Waals surface area contributed by atoms with Crippen LogP contribution in [-0.2, 0) is 15.3 Å². The smallest absolute Gasteiger partial charge is 0.258 e. The first kappa shape index (κ1) is 19.6. The number of amides is 1. The molecule has 0 spiro atoms. The molecule has 0 aromatic heterocycles. The molecular formula is C21H22ClNO3S. The molecule has 0 saturated carbocycles. The van der Waals surface area contributed by atoms with E-state index in [0.29, 0.717) is 16.3 Å². The molecule has 0 aliphatic carbocycles. The van der Waals surface area contributed by atoms with E-state index in [4.69, 9.17) is 11.6 Å². The zero-order valence-electron chi connectivity index (χ0n) is 15.5. The Morgan fingerprint density at radius 1 is 1.04 bits per heavy atom. The Bertz CT molecular complexity index is 972. The van der Waals surface area contributed by atoms with Gasteiger partial charge in [-0.3, -0.25) is 4.79 Å². The number of hydrogen-bond donors (Lipinski definition) is 0. The van der Waals surface area contributed by atoms with Crippen LogP contribution in [0.15, 0.2) is 60.0 Å². The van der Waals surface area contributed by atoms with Gasteiger partial charge in [-0.2, -0.15) is 0 Å². The van der Waals surface area contributed by atoms with Crippen molar-refractivity contribution >= 4 is 33.0 Å². The van der Waals surface area contributed by atoms with Crippen molar-refractivity contribution in [2.24, 2.45) is 0 Å². The van der Waals surface area contributed by atoms with Gasteiger partial charge in [0.2, 0.25) is 0 Å². The molecule has 1 aliphatic heterocycles. The van der Waals surface area contributed by atoms with E-state index >= 15 is 0 Å². The SMILES string of the molecule is CC(C)(C)c1ccc(C(=O)N(c2ccc(Cl)cc2)[C@@H]2C=CS(=O)(=O)C2)cc1. The first-order chi connectivity index (χ1) is 12.6. The number of halogens is 1. The maximum absolute atomic E-state index is 13.3. The van der Waals surface area contributed by atoms with Crippen LogP contribution in [0, 0.1) is 0 Å². The van der Waals surface area contributed by atoms with Crippen molar-refractivity contribution in [3.05, 3.63) is 76.2 Å². The molecule has 1 aliphatic rings. The third-order valence-corrected chi connectivity index (χ3v) is 6.19. The van der Waals surface area contributed by atoms with E-state index in [1.165, 1.54) is 10.3 Å². The molecule has 2 aromatic rings. The number of sulfone groups is 1. The van der Waals surface area contributed by atoms with E-state index < -0.39 is 15.9 Å². The standard InChI is InChI=1S/C21H22ClNO3S/c1-21(2,3)16-6-4-15(5-7-16)20(24)23(18-10-8-17(22)9-11-18)19-12-13-27(25,26)14-19/h4-13,19H,14H2,1-3H3/t19-/m1/s1. The van der Waals surface area contributed by atoms with E-state index in [1.54, 1.807) is 42.5 Å². The molecule has 3 rings (SSSR count). The highest BCUT2D eigenvalue weighted by atomic mass is 35.5. The molecule has 1 amide bonds. The minimum atomic E-state index is -3.30. The fourth-order valence-corrected chi connectivity index (χ4v) is 4.43. The van der Waals surface area contributed by atoms with E-state index in [0.717, 1.165) is 5.56 Å². The van der Waals surface area contributed by atoms with Crippen LogP contribution < -0.4 is 4.90 Å². The minimum Gasteiger partial charge on any atom is -0.300 e. The third-order valence-electron chi connectivity index (χ3n) is 4.56. The Labute approximate surface area is 165 Å². The Balaban J connectivity index is 1.98. The number of anilines is 1. The first-order valence-corrected chi connectivity index (χ1v) is 10.8. The normalized spacial score (nSPS) is 18.4. The van der Waals surface area contributed by atoms with Crippen LogP contribution in [-0.4, -0.2) is 26.1 Å². The maximum Gasteiger partial charge on any atom is 0.258 e. The molecule has 0 saturated heterocycles.